The van der Waals surface area contributed by atoms with E-state index in [4.69, 9.17) is 9.79 Å². The smallest absolute Gasteiger partial charge is 0.508 e. The number of phosphoric ester groups is 1. The summed E-state index contributed by atoms with van der Waals surface area (Å²) in [6, 6.07) is 9.86. The molecule has 0 aliphatic rings. The average Bonchev–Trinajstić information content (AvgIpc) is 2.46. The van der Waals surface area contributed by atoms with E-state index < -0.39 is 31.0 Å². The number of rotatable bonds is 6. The van der Waals surface area contributed by atoms with Crippen molar-refractivity contribution in [3.63, 3.8) is 0 Å². The van der Waals surface area contributed by atoms with Crippen molar-refractivity contribution < 1.29 is 33.9 Å². The minimum Gasteiger partial charge on any atom is -0.508 e. The highest BCUT2D eigenvalue weighted by atomic mass is 31.2. The Bertz CT molecular complexity index is 797. The first-order valence-corrected chi connectivity index (χ1v) is 8.66. The van der Waals surface area contributed by atoms with E-state index in [-0.39, 0.29) is 11.3 Å². The minimum absolute atomic E-state index is 0.0114. The monoisotopic (exact) mass is 352 g/mol. The lowest BCUT2D eigenvalue weighted by atomic mass is 9.88. The predicted octanol–water partition coefficient (Wildman–Crippen LogP) is 2.95. The third-order valence-corrected chi connectivity index (χ3v) is 3.90. The molecule has 0 aromatic heterocycles. The number of benzene rings is 2. The van der Waals surface area contributed by atoms with Crippen molar-refractivity contribution in [3.05, 3.63) is 53.6 Å². The van der Waals surface area contributed by atoms with Crippen LogP contribution in [-0.2, 0) is 4.57 Å². The van der Waals surface area contributed by atoms with Gasteiger partial charge in [-0.1, -0.05) is 25.1 Å². The fourth-order valence-corrected chi connectivity index (χ4v) is 2.87. The highest BCUT2D eigenvalue weighted by Crippen LogP contribution is 2.43. The molecule has 0 aliphatic heterocycles. The second-order valence-corrected chi connectivity index (χ2v) is 6.32. The van der Waals surface area contributed by atoms with Crippen LogP contribution in [0.5, 0.6) is 17.2 Å². The molecular formula is C16H17O7P. The van der Waals surface area contributed by atoms with E-state index in [2.05, 4.69) is 4.52 Å². The van der Waals surface area contributed by atoms with Crippen molar-refractivity contribution in [2.75, 3.05) is 0 Å². The van der Waals surface area contributed by atoms with Crippen molar-refractivity contribution in [2.45, 2.75) is 19.3 Å². The van der Waals surface area contributed by atoms with Crippen molar-refractivity contribution in [2.24, 2.45) is 0 Å². The quantitative estimate of drug-likeness (QED) is 0.465. The van der Waals surface area contributed by atoms with Gasteiger partial charge in [-0.2, -0.15) is 0 Å². The number of ketones is 1. The summed E-state index contributed by atoms with van der Waals surface area (Å²) in [7, 11) is -4.90. The summed E-state index contributed by atoms with van der Waals surface area (Å²) in [5, 5.41) is 19.6. The molecule has 1 atom stereocenters. The lowest BCUT2D eigenvalue weighted by molar-refractivity contribution is 0.0952. The number of hydrogen-bond acceptors (Lipinski definition) is 5. The molecule has 0 amide bonds. The maximum absolute atomic E-state index is 12.8. The third-order valence-electron chi connectivity index (χ3n) is 3.47. The number of Topliss-reactive ketones (excluding diaryl/α,β-unsaturated/α-hetero) is 1. The number of phenols is 2. The molecule has 4 N–H and O–H groups in total. The number of aromatic hydroxyl groups is 2. The van der Waals surface area contributed by atoms with Crippen molar-refractivity contribution in [3.8, 4) is 17.2 Å². The summed E-state index contributed by atoms with van der Waals surface area (Å²) in [6.45, 7) is 1.75. The van der Waals surface area contributed by atoms with Crippen LogP contribution in [0.3, 0.4) is 0 Å². The van der Waals surface area contributed by atoms with Crippen molar-refractivity contribution in [1.82, 2.24) is 0 Å². The van der Waals surface area contributed by atoms with E-state index in [9.17, 15) is 19.6 Å². The van der Waals surface area contributed by atoms with E-state index in [0.29, 0.717) is 12.0 Å². The minimum atomic E-state index is -4.90. The molecule has 0 saturated heterocycles. The van der Waals surface area contributed by atoms with Gasteiger partial charge in [-0.25, -0.2) is 4.57 Å². The molecule has 2 aromatic carbocycles. The zero-order valence-electron chi connectivity index (χ0n) is 12.8. The molecule has 1 unspecified atom stereocenters. The molecule has 2 aromatic rings. The fraction of sp³-hybridized carbons (Fsp3) is 0.188. The Morgan fingerprint density at radius 1 is 1.17 bits per heavy atom. The molecule has 24 heavy (non-hydrogen) atoms. The largest absolute Gasteiger partial charge is 0.524 e. The maximum Gasteiger partial charge on any atom is 0.524 e. The van der Waals surface area contributed by atoms with Crippen molar-refractivity contribution >= 4 is 13.6 Å². The topological polar surface area (TPSA) is 124 Å². The molecule has 0 spiro atoms. The molecule has 0 radical (unpaired) electrons. The van der Waals surface area contributed by atoms with E-state index in [0.717, 1.165) is 0 Å². The van der Waals surface area contributed by atoms with Crippen LogP contribution < -0.4 is 4.52 Å². The number of hydrogen-bond donors (Lipinski definition) is 4. The third kappa shape index (κ3) is 4.14. The zero-order chi connectivity index (χ0) is 17.9. The first-order chi connectivity index (χ1) is 11.2. The van der Waals surface area contributed by atoms with E-state index in [1.54, 1.807) is 19.1 Å². The summed E-state index contributed by atoms with van der Waals surface area (Å²) < 4.78 is 15.6. The Balaban J connectivity index is 2.49. The summed E-state index contributed by atoms with van der Waals surface area (Å²) in [4.78, 5) is 30.8. The van der Waals surface area contributed by atoms with Gasteiger partial charge in [0.15, 0.2) is 5.78 Å². The van der Waals surface area contributed by atoms with Gasteiger partial charge in [-0.15, -0.1) is 0 Å². The molecule has 2 rings (SSSR count). The number of carbonyl (C=O) groups is 1. The van der Waals surface area contributed by atoms with Crippen LogP contribution in [0.1, 0.15) is 35.2 Å². The molecule has 0 saturated carbocycles. The SMILES string of the molecule is CCC(C(=O)c1c(O)cccc1OP(=O)(O)O)c1cccc(O)c1. The lowest BCUT2D eigenvalue weighted by Gasteiger charge is -2.18. The van der Waals surface area contributed by atoms with Gasteiger partial charge < -0.3 is 14.7 Å². The highest BCUT2D eigenvalue weighted by molar-refractivity contribution is 7.46. The highest BCUT2D eigenvalue weighted by Gasteiger charge is 2.29. The molecule has 0 fully saturated rings. The summed E-state index contributed by atoms with van der Waals surface area (Å²) in [5.74, 6) is -2.13. The van der Waals surface area contributed by atoms with Gasteiger partial charge in [0.2, 0.25) is 0 Å². The number of phenolic OH excluding ortho intramolecular Hbond substituents is 2. The molecule has 7 nitrogen and oxygen atoms in total. The first kappa shape index (κ1) is 18.0. The Kier molecular flexibility index (Phi) is 5.29. The van der Waals surface area contributed by atoms with Crippen molar-refractivity contribution in [1.29, 1.82) is 0 Å². The summed E-state index contributed by atoms with van der Waals surface area (Å²) in [6.07, 6.45) is 0.353. The molecule has 0 aliphatic carbocycles. The van der Waals surface area contributed by atoms with Gasteiger partial charge in [0.05, 0.1) is 0 Å². The second kappa shape index (κ2) is 7.05. The standard InChI is InChI=1S/C16H17O7P/c1-2-12(10-5-3-6-11(17)9-10)16(19)15-13(18)7-4-8-14(15)23-24(20,21)22/h3-9,12,17-18H,2H2,1H3,(H2,20,21,22). The van der Waals surface area contributed by atoms with Gasteiger partial charge in [0.25, 0.3) is 0 Å². The van der Waals surface area contributed by atoms with Crippen LogP contribution in [0.2, 0.25) is 0 Å². The maximum atomic E-state index is 12.8. The van der Waals surface area contributed by atoms with E-state index in [1.165, 1.54) is 30.3 Å². The second-order valence-electron chi connectivity index (χ2n) is 5.15. The molecule has 128 valence electrons. The molecule has 0 heterocycles. The van der Waals surface area contributed by atoms with Gasteiger partial charge in [0, 0.05) is 5.92 Å². The lowest BCUT2D eigenvalue weighted by Crippen LogP contribution is -2.14. The Hall–Kier alpha value is -2.34. The van der Waals surface area contributed by atoms with Crippen LogP contribution in [0.4, 0.5) is 0 Å². The van der Waals surface area contributed by atoms with Gasteiger partial charge in [0.1, 0.15) is 22.8 Å². The van der Waals surface area contributed by atoms with Crippen LogP contribution >= 0.6 is 7.82 Å². The molecular weight excluding hydrogens is 335 g/mol. The Morgan fingerprint density at radius 2 is 1.83 bits per heavy atom. The fourth-order valence-electron chi connectivity index (χ4n) is 2.46. The van der Waals surface area contributed by atoms with Crippen LogP contribution in [0.15, 0.2) is 42.5 Å². The van der Waals surface area contributed by atoms with Crippen LogP contribution in [0, 0.1) is 0 Å². The Labute approximate surface area is 138 Å². The normalized spacial score (nSPS) is 12.6. The van der Waals surface area contributed by atoms with Gasteiger partial charge in [-0.3, -0.25) is 14.6 Å². The van der Waals surface area contributed by atoms with E-state index in [1.807, 2.05) is 0 Å². The van der Waals surface area contributed by atoms with E-state index >= 15 is 0 Å². The van der Waals surface area contributed by atoms with Gasteiger partial charge in [-0.05, 0) is 36.2 Å². The summed E-state index contributed by atoms with van der Waals surface area (Å²) in [5.41, 5.74) is 0.212. The average molecular weight is 352 g/mol. The van der Waals surface area contributed by atoms with Crippen LogP contribution in [-0.4, -0.2) is 25.8 Å². The van der Waals surface area contributed by atoms with Gasteiger partial charge >= 0.3 is 7.82 Å². The molecule has 0 bridgehead atoms. The zero-order valence-corrected chi connectivity index (χ0v) is 13.7. The Morgan fingerprint density at radius 3 is 2.42 bits per heavy atom. The van der Waals surface area contributed by atoms with Crippen LogP contribution in [0.25, 0.3) is 0 Å². The summed E-state index contributed by atoms with van der Waals surface area (Å²) >= 11 is 0. The predicted molar refractivity (Wildman–Crippen MR) is 86.2 cm³/mol. The first-order valence-electron chi connectivity index (χ1n) is 7.13. The number of carbonyl (C=O) groups excluding carboxylic acids is 1. The number of phosphoric acid groups is 1. The molecule has 8 heteroatoms.